The van der Waals surface area contributed by atoms with E-state index in [0.29, 0.717) is 13.2 Å². The average molecular weight is 346 g/mol. The molecule has 2 amide bonds. The number of piperidine rings is 1. The molecule has 2 aliphatic heterocycles. The first-order valence-electron chi connectivity index (χ1n) is 9.06. The van der Waals surface area contributed by atoms with Crippen LogP contribution in [0.5, 0.6) is 0 Å². The molecule has 2 fully saturated rings. The summed E-state index contributed by atoms with van der Waals surface area (Å²) < 4.78 is 5.38. The van der Waals surface area contributed by atoms with E-state index in [0.717, 1.165) is 56.8 Å². The number of nitrogens with one attached hydrogen (secondary N) is 1. The molecule has 0 spiro atoms. The second-order valence-corrected chi connectivity index (χ2v) is 6.80. The van der Waals surface area contributed by atoms with Gasteiger partial charge in [-0.1, -0.05) is 0 Å². The van der Waals surface area contributed by atoms with Gasteiger partial charge >= 0.3 is 0 Å². The summed E-state index contributed by atoms with van der Waals surface area (Å²) in [6.45, 7) is 4.76. The maximum absolute atomic E-state index is 12.3. The van der Waals surface area contributed by atoms with Crippen molar-refractivity contribution in [1.82, 2.24) is 20.2 Å². The zero-order chi connectivity index (χ0) is 17.6. The van der Waals surface area contributed by atoms with Gasteiger partial charge in [-0.15, -0.1) is 0 Å². The van der Waals surface area contributed by atoms with Crippen molar-refractivity contribution in [1.29, 1.82) is 0 Å². The Balaban J connectivity index is 1.59. The lowest BCUT2D eigenvalue weighted by Crippen LogP contribution is -2.37. The highest BCUT2D eigenvalue weighted by atomic mass is 16.5. The number of hydrogen-bond donors (Lipinski definition) is 1. The number of aromatic nitrogens is 2. The van der Waals surface area contributed by atoms with E-state index in [4.69, 9.17) is 4.74 Å². The van der Waals surface area contributed by atoms with Gasteiger partial charge < -0.3 is 15.0 Å². The minimum absolute atomic E-state index is 0.0303. The summed E-state index contributed by atoms with van der Waals surface area (Å²) >= 11 is 0. The number of likely N-dealkylation sites (tertiary alicyclic amines) is 1. The van der Waals surface area contributed by atoms with Crippen molar-refractivity contribution in [3.05, 3.63) is 23.8 Å². The third-order valence-corrected chi connectivity index (χ3v) is 5.09. The van der Waals surface area contributed by atoms with Gasteiger partial charge in [-0.05, 0) is 25.7 Å². The third-order valence-electron chi connectivity index (χ3n) is 5.09. The first-order valence-corrected chi connectivity index (χ1v) is 9.06. The number of amides is 2. The number of hydrogen-bond acceptors (Lipinski definition) is 5. The molecular formula is C18H26N4O3. The molecule has 1 N–H and O–H groups in total. The van der Waals surface area contributed by atoms with Gasteiger partial charge in [0.25, 0.3) is 0 Å². The molecule has 1 atom stereocenters. The molecule has 7 heteroatoms. The SMILES string of the molecule is CC(=O)N1CCC(c2nccnc2CNC(=O)[C@@H]2CCCOC2)CC1. The van der Waals surface area contributed by atoms with E-state index >= 15 is 0 Å². The Labute approximate surface area is 148 Å². The van der Waals surface area contributed by atoms with Gasteiger partial charge in [-0.25, -0.2) is 0 Å². The van der Waals surface area contributed by atoms with Crippen LogP contribution in [0.3, 0.4) is 0 Å². The highest BCUT2D eigenvalue weighted by molar-refractivity contribution is 5.78. The third kappa shape index (κ3) is 4.54. The van der Waals surface area contributed by atoms with Crippen molar-refractivity contribution < 1.29 is 14.3 Å². The average Bonchev–Trinajstić information content (AvgIpc) is 2.67. The second-order valence-electron chi connectivity index (χ2n) is 6.80. The fraction of sp³-hybridized carbons (Fsp3) is 0.667. The highest BCUT2D eigenvalue weighted by Crippen LogP contribution is 2.28. The highest BCUT2D eigenvalue weighted by Gasteiger charge is 2.26. The van der Waals surface area contributed by atoms with Gasteiger partial charge in [0, 0.05) is 44.9 Å². The standard InChI is InChI=1S/C18H26N4O3/c1-13(23)22-8-4-14(5-9-22)17-16(19-6-7-20-17)11-21-18(24)15-3-2-10-25-12-15/h6-7,14-15H,2-5,8-12H2,1H3,(H,21,24)/t15-/m1/s1. The van der Waals surface area contributed by atoms with E-state index in [2.05, 4.69) is 15.3 Å². The molecule has 1 aromatic heterocycles. The van der Waals surface area contributed by atoms with Gasteiger partial charge in [-0.2, -0.15) is 0 Å². The number of carbonyl (C=O) groups excluding carboxylic acids is 2. The van der Waals surface area contributed by atoms with Crippen molar-refractivity contribution in [3.63, 3.8) is 0 Å². The maximum atomic E-state index is 12.3. The van der Waals surface area contributed by atoms with Crippen molar-refractivity contribution in [3.8, 4) is 0 Å². The van der Waals surface area contributed by atoms with E-state index in [1.807, 2.05) is 4.90 Å². The van der Waals surface area contributed by atoms with Gasteiger partial charge in [0.2, 0.25) is 11.8 Å². The van der Waals surface area contributed by atoms with Crippen LogP contribution in [0, 0.1) is 5.92 Å². The van der Waals surface area contributed by atoms with Gasteiger partial charge in [0.05, 0.1) is 30.5 Å². The zero-order valence-corrected chi connectivity index (χ0v) is 14.7. The van der Waals surface area contributed by atoms with Crippen LogP contribution in [0.2, 0.25) is 0 Å². The van der Waals surface area contributed by atoms with Gasteiger partial charge in [0.1, 0.15) is 0 Å². The van der Waals surface area contributed by atoms with Crippen molar-refractivity contribution in [2.45, 2.75) is 45.1 Å². The molecular weight excluding hydrogens is 320 g/mol. The summed E-state index contributed by atoms with van der Waals surface area (Å²) in [7, 11) is 0. The molecule has 0 bridgehead atoms. The lowest BCUT2D eigenvalue weighted by Gasteiger charge is -2.31. The maximum Gasteiger partial charge on any atom is 0.225 e. The lowest BCUT2D eigenvalue weighted by molar-refractivity contribution is -0.130. The molecule has 0 unspecified atom stereocenters. The molecule has 0 saturated carbocycles. The quantitative estimate of drug-likeness (QED) is 0.887. The van der Waals surface area contributed by atoms with Crippen molar-refractivity contribution in [2.24, 2.45) is 5.92 Å². The summed E-state index contributed by atoms with van der Waals surface area (Å²) in [4.78, 5) is 34.6. The van der Waals surface area contributed by atoms with Crippen LogP contribution in [-0.2, 0) is 20.9 Å². The Hall–Kier alpha value is -2.02. The minimum Gasteiger partial charge on any atom is -0.381 e. The fourth-order valence-corrected chi connectivity index (χ4v) is 3.59. The predicted octanol–water partition coefficient (Wildman–Crippen LogP) is 1.25. The largest absolute Gasteiger partial charge is 0.381 e. The minimum atomic E-state index is -0.0623. The summed E-state index contributed by atoms with van der Waals surface area (Å²) in [5.74, 6) is 0.379. The first-order chi connectivity index (χ1) is 12.1. The predicted molar refractivity (Wildman–Crippen MR) is 91.7 cm³/mol. The Morgan fingerprint density at radius 1 is 1.24 bits per heavy atom. The Morgan fingerprint density at radius 2 is 2.00 bits per heavy atom. The summed E-state index contributed by atoms with van der Waals surface area (Å²) in [6, 6.07) is 0. The number of ether oxygens (including phenoxy) is 1. The first kappa shape index (κ1) is 17.8. The molecule has 0 aliphatic carbocycles. The van der Waals surface area contributed by atoms with Crippen LogP contribution in [0.25, 0.3) is 0 Å². The molecule has 7 nitrogen and oxygen atoms in total. The Bertz CT molecular complexity index is 608. The Morgan fingerprint density at radius 3 is 2.68 bits per heavy atom. The molecule has 1 aromatic rings. The van der Waals surface area contributed by atoms with Crippen LogP contribution >= 0.6 is 0 Å². The smallest absolute Gasteiger partial charge is 0.225 e. The van der Waals surface area contributed by atoms with E-state index in [-0.39, 0.29) is 23.7 Å². The van der Waals surface area contributed by atoms with Crippen LogP contribution in [0.1, 0.15) is 49.9 Å². The fourth-order valence-electron chi connectivity index (χ4n) is 3.59. The number of carbonyl (C=O) groups is 2. The monoisotopic (exact) mass is 346 g/mol. The van der Waals surface area contributed by atoms with Gasteiger partial charge in [0.15, 0.2) is 0 Å². The molecule has 0 radical (unpaired) electrons. The molecule has 2 saturated heterocycles. The van der Waals surface area contributed by atoms with Crippen LogP contribution in [0.4, 0.5) is 0 Å². The van der Waals surface area contributed by atoms with Crippen LogP contribution in [-0.4, -0.2) is 53.0 Å². The van der Waals surface area contributed by atoms with Crippen LogP contribution in [0.15, 0.2) is 12.4 Å². The number of nitrogens with zero attached hydrogens (tertiary/aromatic N) is 3. The van der Waals surface area contributed by atoms with Gasteiger partial charge in [-0.3, -0.25) is 19.6 Å². The van der Waals surface area contributed by atoms with E-state index < -0.39 is 0 Å². The van der Waals surface area contributed by atoms with Crippen molar-refractivity contribution >= 4 is 11.8 Å². The molecule has 0 aromatic carbocycles. The Kier molecular flexibility index (Phi) is 5.96. The topological polar surface area (TPSA) is 84.4 Å². The lowest BCUT2D eigenvalue weighted by atomic mass is 9.91. The summed E-state index contributed by atoms with van der Waals surface area (Å²) in [6.07, 6.45) is 6.95. The zero-order valence-electron chi connectivity index (χ0n) is 14.7. The van der Waals surface area contributed by atoms with Crippen LogP contribution < -0.4 is 5.32 Å². The van der Waals surface area contributed by atoms with E-state index in [1.54, 1.807) is 19.3 Å². The second kappa shape index (κ2) is 8.38. The van der Waals surface area contributed by atoms with E-state index in [9.17, 15) is 9.59 Å². The molecule has 3 rings (SSSR count). The molecule has 136 valence electrons. The summed E-state index contributed by atoms with van der Waals surface area (Å²) in [5, 5.41) is 2.99. The van der Waals surface area contributed by atoms with E-state index in [1.165, 1.54) is 0 Å². The molecule has 3 heterocycles. The normalized spacial score (nSPS) is 21.8. The molecule has 25 heavy (non-hydrogen) atoms. The summed E-state index contributed by atoms with van der Waals surface area (Å²) in [5.41, 5.74) is 1.78. The molecule has 2 aliphatic rings. The number of rotatable bonds is 4. The van der Waals surface area contributed by atoms with Crippen molar-refractivity contribution in [2.75, 3.05) is 26.3 Å².